The number of nitrogens with two attached hydrogens (primary N) is 1. The Balaban J connectivity index is 1.33. The van der Waals surface area contributed by atoms with E-state index in [0.29, 0.717) is 53.4 Å². The molecule has 1 aromatic carbocycles. The Bertz CT molecular complexity index is 1380. The van der Waals surface area contributed by atoms with Crippen LogP contribution in [0.15, 0.2) is 59.3 Å². The molecule has 184 valence electrons. The average Bonchev–Trinajstić information content (AvgIpc) is 3.55. The van der Waals surface area contributed by atoms with Crippen molar-refractivity contribution in [1.29, 1.82) is 0 Å². The van der Waals surface area contributed by atoms with Gasteiger partial charge in [-0.05, 0) is 37.1 Å². The first-order valence-electron chi connectivity index (χ1n) is 11.3. The minimum absolute atomic E-state index is 0.121. The van der Waals surface area contributed by atoms with E-state index in [1.807, 2.05) is 41.0 Å². The lowest BCUT2D eigenvalue weighted by molar-refractivity contribution is -0.123. The van der Waals surface area contributed by atoms with E-state index in [9.17, 15) is 9.59 Å². The van der Waals surface area contributed by atoms with Gasteiger partial charge in [0.25, 0.3) is 5.91 Å². The van der Waals surface area contributed by atoms with E-state index in [1.54, 1.807) is 22.7 Å². The smallest absolute Gasteiger partial charge is 0.273 e. The fourth-order valence-electron chi connectivity index (χ4n) is 4.03. The average molecular weight is 540 g/mol. The molecule has 1 aliphatic heterocycles. The molecule has 2 amide bonds. The maximum absolute atomic E-state index is 12.9. The van der Waals surface area contributed by atoms with E-state index in [0.717, 1.165) is 16.3 Å². The molecule has 0 atom stereocenters. The van der Waals surface area contributed by atoms with Crippen LogP contribution < -0.4 is 5.73 Å². The van der Waals surface area contributed by atoms with Gasteiger partial charge in [-0.25, -0.2) is 4.98 Å². The van der Waals surface area contributed by atoms with Gasteiger partial charge >= 0.3 is 0 Å². The quantitative estimate of drug-likeness (QED) is 0.351. The van der Waals surface area contributed by atoms with Crippen LogP contribution in [0, 0.1) is 5.92 Å². The second-order valence-electron chi connectivity index (χ2n) is 8.21. The molecule has 0 bridgehead atoms. The highest BCUT2D eigenvalue weighted by Crippen LogP contribution is 2.33. The SMILES string of the molecule is NC(=O)C1CCN(C(=O)c2csc(CSc3nnc(-c4ccncc4)n3-c3ccccc3Cl)n2)CC1. The summed E-state index contributed by atoms with van der Waals surface area (Å²) in [4.78, 5) is 34.7. The third kappa shape index (κ3) is 5.13. The summed E-state index contributed by atoms with van der Waals surface area (Å²) < 4.78 is 1.92. The Hall–Kier alpha value is -3.28. The van der Waals surface area contributed by atoms with Crippen molar-refractivity contribution in [2.45, 2.75) is 23.8 Å². The summed E-state index contributed by atoms with van der Waals surface area (Å²) in [6.07, 6.45) is 4.59. The fraction of sp³-hybridized carbons (Fsp3) is 0.250. The van der Waals surface area contributed by atoms with Crippen LogP contribution in [0.25, 0.3) is 17.1 Å². The number of piperidine rings is 1. The predicted molar refractivity (Wildman–Crippen MR) is 139 cm³/mol. The van der Waals surface area contributed by atoms with Gasteiger partial charge in [-0.3, -0.25) is 19.1 Å². The highest BCUT2D eigenvalue weighted by molar-refractivity contribution is 7.98. The van der Waals surface area contributed by atoms with Gasteiger partial charge in [-0.2, -0.15) is 0 Å². The Kier molecular flexibility index (Phi) is 7.30. The molecule has 0 unspecified atom stereocenters. The zero-order valence-corrected chi connectivity index (χ0v) is 21.5. The minimum Gasteiger partial charge on any atom is -0.369 e. The van der Waals surface area contributed by atoms with Gasteiger partial charge in [0.05, 0.1) is 16.5 Å². The lowest BCUT2D eigenvalue weighted by Crippen LogP contribution is -2.41. The maximum Gasteiger partial charge on any atom is 0.273 e. The molecule has 0 radical (unpaired) electrons. The normalized spacial score (nSPS) is 14.2. The molecule has 1 aliphatic rings. The number of aromatic nitrogens is 5. The summed E-state index contributed by atoms with van der Waals surface area (Å²) in [5.41, 5.74) is 7.45. The number of primary amides is 1. The van der Waals surface area contributed by atoms with Crippen LogP contribution in [0.1, 0.15) is 28.3 Å². The molecule has 0 aliphatic carbocycles. The van der Waals surface area contributed by atoms with E-state index in [2.05, 4.69) is 20.2 Å². The van der Waals surface area contributed by atoms with Crippen LogP contribution in [-0.4, -0.2) is 54.5 Å². The molecular weight excluding hydrogens is 518 g/mol. The number of nitrogens with zero attached hydrogens (tertiary/aromatic N) is 6. The van der Waals surface area contributed by atoms with Crippen molar-refractivity contribution in [1.82, 2.24) is 29.6 Å². The van der Waals surface area contributed by atoms with Crippen LogP contribution in [0.5, 0.6) is 0 Å². The van der Waals surface area contributed by atoms with Gasteiger partial charge < -0.3 is 10.6 Å². The van der Waals surface area contributed by atoms with Gasteiger partial charge in [0.2, 0.25) is 5.91 Å². The van der Waals surface area contributed by atoms with E-state index in [-0.39, 0.29) is 17.7 Å². The standard InChI is InChI=1S/C24H22ClN7O2S2/c25-17-3-1-2-4-19(17)32-22(16-5-9-27-10-6-16)29-30-24(32)36-14-20-28-18(13-35-20)23(34)31-11-7-15(8-12-31)21(26)33/h1-6,9-10,13,15H,7-8,11-12,14H2,(H2,26,33). The second-order valence-corrected chi connectivity index (χ2v) is 10.5. The number of carbonyl (C=O) groups is 2. The largest absolute Gasteiger partial charge is 0.369 e. The molecule has 1 saturated heterocycles. The van der Waals surface area contributed by atoms with E-state index >= 15 is 0 Å². The molecule has 3 aromatic heterocycles. The van der Waals surface area contributed by atoms with Crippen molar-refractivity contribution in [3.8, 4) is 17.1 Å². The number of para-hydroxylation sites is 1. The van der Waals surface area contributed by atoms with Crippen LogP contribution in [0.4, 0.5) is 0 Å². The van der Waals surface area contributed by atoms with Gasteiger partial charge in [0.15, 0.2) is 11.0 Å². The Morgan fingerprint density at radius 2 is 1.86 bits per heavy atom. The Morgan fingerprint density at radius 1 is 1.11 bits per heavy atom. The first-order chi connectivity index (χ1) is 17.5. The first-order valence-corrected chi connectivity index (χ1v) is 13.5. The predicted octanol–water partition coefficient (Wildman–Crippen LogP) is 4.07. The number of hydrogen-bond donors (Lipinski definition) is 1. The number of hydrogen-bond acceptors (Lipinski definition) is 8. The highest BCUT2D eigenvalue weighted by Gasteiger charge is 2.27. The third-order valence-corrected chi connectivity index (χ3v) is 8.24. The molecule has 12 heteroatoms. The van der Waals surface area contributed by atoms with Crippen molar-refractivity contribution < 1.29 is 9.59 Å². The highest BCUT2D eigenvalue weighted by atomic mass is 35.5. The molecule has 2 N–H and O–H groups in total. The monoisotopic (exact) mass is 539 g/mol. The summed E-state index contributed by atoms with van der Waals surface area (Å²) in [7, 11) is 0. The summed E-state index contributed by atoms with van der Waals surface area (Å²) in [6.45, 7) is 1.01. The molecule has 4 heterocycles. The zero-order chi connectivity index (χ0) is 25.1. The van der Waals surface area contributed by atoms with Crippen LogP contribution in [-0.2, 0) is 10.5 Å². The van der Waals surface area contributed by atoms with Crippen molar-refractivity contribution in [3.05, 3.63) is 69.9 Å². The number of pyridine rings is 1. The first kappa shape index (κ1) is 24.4. The molecule has 36 heavy (non-hydrogen) atoms. The van der Waals surface area contributed by atoms with Gasteiger partial charge in [0, 0.05) is 42.3 Å². The summed E-state index contributed by atoms with van der Waals surface area (Å²) in [6, 6.07) is 11.3. The summed E-state index contributed by atoms with van der Waals surface area (Å²) >= 11 is 9.43. The van der Waals surface area contributed by atoms with Gasteiger partial charge in [-0.15, -0.1) is 21.5 Å². The number of likely N-dealkylation sites (tertiary alicyclic amines) is 1. The Morgan fingerprint density at radius 3 is 2.58 bits per heavy atom. The summed E-state index contributed by atoms with van der Waals surface area (Å²) in [5, 5.41) is 12.7. The fourth-order valence-corrected chi connectivity index (χ4v) is 5.98. The molecule has 4 aromatic rings. The molecule has 5 rings (SSSR count). The van der Waals surface area contributed by atoms with Crippen molar-refractivity contribution in [2.24, 2.45) is 11.7 Å². The maximum atomic E-state index is 12.9. The lowest BCUT2D eigenvalue weighted by Gasteiger charge is -2.30. The number of halogens is 1. The number of benzene rings is 1. The summed E-state index contributed by atoms with van der Waals surface area (Å²) in [5.74, 6) is 0.587. The second kappa shape index (κ2) is 10.8. The molecule has 9 nitrogen and oxygen atoms in total. The van der Waals surface area contributed by atoms with Crippen molar-refractivity contribution >= 4 is 46.5 Å². The number of amides is 2. The van der Waals surface area contributed by atoms with Gasteiger partial charge in [0.1, 0.15) is 10.7 Å². The number of thioether (sulfide) groups is 1. The number of rotatable bonds is 7. The van der Waals surface area contributed by atoms with Gasteiger partial charge in [-0.1, -0.05) is 35.5 Å². The van der Waals surface area contributed by atoms with Crippen molar-refractivity contribution in [3.63, 3.8) is 0 Å². The molecule has 0 spiro atoms. The topological polar surface area (TPSA) is 120 Å². The molecule has 0 saturated carbocycles. The van der Waals surface area contributed by atoms with E-state index < -0.39 is 0 Å². The molecular formula is C24H22ClN7O2S2. The zero-order valence-electron chi connectivity index (χ0n) is 19.1. The lowest BCUT2D eigenvalue weighted by atomic mass is 9.96. The minimum atomic E-state index is -0.299. The van der Waals surface area contributed by atoms with E-state index in [1.165, 1.54) is 23.1 Å². The third-order valence-electron chi connectivity index (χ3n) is 5.95. The number of carbonyl (C=O) groups excluding carboxylic acids is 2. The Labute approximate surface area is 220 Å². The van der Waals surface area contributed by atoms with E-state index in [4.69, 9.17) is 17.3 Å². The van der Waals surface area contributed by atoms with Crippen LogP contribution in [0.3, 0.4) is 0 Å². The molecule has 1 fully saturated rings. The number of thiazole rings is 1. The van der Waals surface area contributed by atoms with Crippen molar-refractivity contribution in [2.75, 3.05) is 13.1 Å². The van der Waals surface area contributed by atoms with Crippen LogP contribution >= 0.6 is 34.7 Å². The van der Waals surface area contributed by atoms with Crippen LogP contribution in [0.2, 0.25) is 5.02 Å².